The van der Waals surface area contributed by atoms with Gasteiger partial charge in [-0.2, -0.15) is 0 Å². The van der Waals surface area contributed by atoms with E-state index in [4.69, 9.17) is 4.74 Å². The Kier molecular flexibility index (Phi) is 6.03. The SMILES string of the molecule is CCOC(=O)c1ccc(N=Cc2c(O)n(Cc3ccccc3)c(=O)[nH]c2=O)cc1. The van der Waals surface area contributed by atoms with Gasteiger partial charge in [0.05, 0.1) is 24.4 Å². The Morgan fingerprint density at radius 2 is 1.83 bits per heavy atom. The summed E-state index contributed by atoms with van der Waals surface area (Å²) < 4.78 is 5.97. The lowest BCUT2D eigenvalue weighted by Crippen LogP contribution is -2.32. The molecule has 3 rings (SSSR count). The molecule has 0 aliphatic carbocycles. The summed E-state index contributed by atoms with van der Waals surface area (Å²) in [5.74, 6) is -0.917. The first-order chi connectivity index (χ1) is 14.0. The summed E-state index contributed by atoms with van der Waals surface area (Å²) in [5, 5.41) is 10.5. The second-order valence-electron chi connectivity index (χ2n) is 6.09. The van der Waals surface area contributed by atoms with Crippen LogP contribution in [0.4, 0.5) is 5.69 Å². The lowest BCUT2D eigenvalue weighted by Gasteiger charge is -2.09. The average Bonchev–Trinajstić information content (AvgIpc) is 2.72. The summed E-state index contributed by atoms with van der Waals surface area (Å²) in [7, 11) is 0. The Balaban J connectivity index is 1.89. The monoisotopic (exact) mass is 393 g/mol. The van der Waals surface area contributed by atoms with E-state index < -0.39 is 23.1 Å². The maximum atomic E-state index is 12.1. The Labute approximate surface area is 165 Å². The average molecular weight is 393 g/mol. The standard InChI is InChI=1S/C21H19N3O5/c1-2-29-20(27)15-8-10-16(11-9-15)22-12-17-18(25)23-21(28)24(19(17)26)13-14-6-4-3-5-7-14/h3-12,26H,2,13H2,1H3,(H,23,25,28). The third-order valence-corrected chi connectivity index (χ3v) is 4.11. The summed E-state index contributed by atoms with van der Waals surface area (Å²) in [4.78, 5) is 42.2. The molecule has 2 N–H and O–H groups in total. The lowest BCUT2D eigenvalue weighted by atomic mass is 10.2. The Morgan fingerprint density at radius 1 is 1.14 bits per heavy atom. The zero-order valence-electron chi connectivity index (χ0n) is 15.7. The van der Waals surface area contributed by atoms with Crippen LogP contribution in [0, 0.1) is 0 Å². The van der Waals surface area contributed by atoms with Crippen LogP contribution in [0.25, 0.3) is 0 Å². The van der Waals surface area contributed by atoms with Crippen LogP contribution in [0.15, 0.2) is 69.2 Å². The zero-order valence-corrected chi connectivity index (χ0v) is 15.7. The Bertz CT molecular complexity index is 1150. The summed E-state index contributed by atoms with van der Waals surface area (Å²) in [5.41, 5.74) is 0.0148. The highest BCUT2D eigenvalue weighted by atomic mass is 16.5. The molecular weight excluding hydrogens is 374 g/mol. The zero-order chi connectivity index (χ0) is 20.8. The number of aromatic hydroxyl groups is 1. The number of aromatic amines is 1. The summed E-state index contributed by atoms with van der Waals surface area (Å²) in [6, 6.07) is 15.3. The van der Waals surface area contributed by atoms with Gasteiger partial charge in [0, 0.05) is 6.21 Å². The molecule has 148 valence electrons. The second kappa shape index (κ2) is 8.83. The molecule has 0 aliphatic heterocycles. The van der Waals surface area contributed by atoms with E-state index >= 15 is 0 Å². The molecule has 0 amide bonds. The van der Waals surface area contributed by atoms with E-state index in [1.165, 1.54) is 6.21 Å². The van der Waals surface area contributed by atoms with Crippen LogP contribution in [-0.4, -0.2) is 33.4 Å². The number of ether oxygens (including phenoxy) is 1. The smallest absolute Gasteiger partial charge is 0.338 e. The highest BCUT2D eigenvalue weighted by molar-refractivity contribution is 5.90. The van der Waals surface area contributed by atoms with Gasteiger partial charge in [0.25, 0.3) is 5.56 Å². The van der Waals surface area contributed by atoms with Gasteiger partial charge in [-0.05, 0) is 36.8 Å². The van der Waals surface area contributed by atoms with Gasteiger partial charge in [-0.3, -0.25) is 19.3 Å². The molecule has 1 aromatic heterocycles. The number of aliphatic imine (C=N–C) groups is 1. The minimum absolute atomic E-state index is 0.0946. The molecule has 0 unspecified atom stereocenters. The van der Waals surface area contributed by atoms with Crippen LogP contribution in [0.3, 0.4) is 0 Å². The molecule has 0 bridgehead atoms. The topological polar surface area (TPSA) is 114 Å². The maximum absolute atomic E-state index is 12.1. The molecule has 2 aromatic carbocycles. The van der Waals surface area contributed by atoms with Crippen molar-refractivity contribution in [3.63, 3.8) is 0 Å². The first kappa shape index (κ1) is 19.8. The van der Waals surface area contributed by atoms with Gasteiger partial charge in [0.15, 0.2) is 0 Å². The number of esters is 1. The van der Waals surface area contributed by atoms with Gasteiger partial charge in [-0.25, -0.2) is 9.59 Å². The molecule has 1 heterocycles. The number of benzene rings is 2. The van der Waals surface area contributed by atoms with Gasteiger partial charge in [-0.1, -0.05) is 30.3 Å². The number of H-pyrrole nitrogens is 1. The van der Waals surface area contributed by atoms with Crippen LogP contribution in [0.5, 0.6) is 5.88 Å². The van der Waals surface area contributed by atoms with Gasteiger partial charge < -0.3 is 9.84 Å². The molecule has 0 fully saturated rings. The lowest BCUT2D eigenvalue weighted by molar-refractivity contribution is 0.0526. The van der Waals surface area contributed by atoms with Gasteiger partial charge in [0.2, 0.25) is 5.88 Å². The van der Waals surface area contributed by atoms with Gasteiger partial charge in [0.1, 0.15) is 5.56 Å². The van der Waals surface area contributed by atoms with E-state index in [1.807, 2.05) is 18.2 Å². The van der Waals surface area contributed by atoms with Crippen LogP contribution < -0.4 is 11.2 Å². The highest BCUT2D eigenvalue weighted by Crippen LogP contribution is 2.16. The number of nitrogens with zero attached hydrogens (tertiary/aromatic N) is 2. The molecule has 0 saturated heterocycles. The largest absolute Gasteiger partial charge is 0.494 e. The van der Waals surface area contributed by atoms with E-state index in [0.29, 0.717) is 11.3 Å². The summed E-state index contributed by atoms with van der Waals surface area (Å²) >= 11 is 0. The number of aromatic nitrogens is 2. The Hall–Kier alpha value is -3.94. The van der Waals surface area contributed by atoms with E-state index in [2.05, 4.69) is 9.98 Å². The van der Waals surface area contributed by atoms with Crippen molar-refractivity contribution in [1.29, 1.82) is 0 Å². The number of hydrogen-bond acceptors (Lipinski definition) is 6. The van der Waals surface area contributed by atoms with Crippen LogP contribution in [0.2, 0.25) is 0 Å². The minimum Gasteiger partial charge on any atom is -0.494 e. The Morgan fingerprint density at radius 3 is 2.48 bits per heavy atom. The van der Waals surface area contributed by atoms with E-state index in [1.54, 1.807) is 43.3 Å². The molecule has 8 nitrogen and oxygen atoms in total. The van der Waals surface area contributed by atoms with Crippen molar-refractivity contribution >= 4 is 17.9 Å². The molecule has 0 radical (unpaired) electrons. The molecule has 0 aliphatic rings. The minimum atomic E-state index is -0.747. The molecule has 0 atom stereocenters. The van der Waals surface area contributed by atoms with Crippen molar-refractivity contribution in [2.45, 2.75) is 13.5 Å². The third-order valence-electron chi connectivity index (χ3n) is 4.11. The first-order valence-corrected chi connectivity index (χ1v) is 8.91. The predicted octanol–water partition coefficient (Wildman–Crippen LogP) is 2.22. The molecule has 29 heavy (non-hydrogen) atoms. The third kappa shape index (κ3) is 4.67. The van der Waals surface area contributed by atoms with Crippen LogP contribution in [0.1, 0.15) is 28.4 Å². The molecule has 8 heteroatoms. The number of nitrogens with one attached hydrogen (secondary N) is 1. The number of hydrogen-bond donors (Lipinski definition) is 2. The van der Waals surface area contributed by atoms with E-state index in [9.17, 15) is 19.5 Å². The van der Waals surface area contributed by atoms with Crippen molar-refractivity contribution in [2.24, 2.45) is 4.99 Å². The fraction of sp³-hybridized carbons (Fsp3) is 0.143. The summed E-state index contributed by atoms with van der Waals surface area (Å²) in [6.07, 6.45) is 1.18. The normalized spacial score (nSPS) is 10.9. The van der Waals surface area contributed by atoms with Crippen LogP contribution >= 0.6 is 0 Å². The van der Waals surface area contributed by atoms with Crippen molar-refractivity contribution in [3.8, 4) is 5.88 Å². The van der Waals surface area contributed by atoms with E-state index in [-0.39, 0.29) is 18.7 Å². The number of carbonyl (C=O) groups is 1. The fourth-order valence-corrected chi connectivity index (χ4v) is 2.64. The molecule has 0 spiro atoms. The van der Waals surface area contributed by atoms with Crippen molar-refractivity contribution in [3.05, 3.63) is 92.1 Å². The van der Waals surface area contributed by atoms with Crippen LogP contribution in [-0.2, 0) is 11.3 Å². The van der Waals surface area contributed by atoms with Crippen molar-refractivity contribution in [2.75, 3.05) is 6.61 Å². The predicted molar refractivity (Wildman–Crippen MR) is 108 cm³/mol. The molecular formula is C21H19N3O5. The molecule has 3 aromatic rings. The van der Waals surface area contributed by atoms with E-state index in [0.717, 1.165) is 10.1 Å². The maximum Gasteiger partial charge on any atom is 0.338 e. The number of carbonyl (C=O) groups excluding carboxylic acids is 1. The quantitative estimate of drug-likeness (QED) is 0.492. The van der Waals surface area contributed by atoms with Crippen molar-refractivity contribution in [1.82, 2.24) is 9.55 Å². The number of rotatable bonds is 6. The fourth-order valence-electron chi connectivity index (χ4n) is 2.64. The first-order valence-electron chi connectivity index (χ1n) is 8.91. The summed E-state index contributed by atoms with van der Waals surface area (Å²) in [6.45, 7) is 2.09. The van der Waals surface area contributed by atoms with Crippen molar-refractivity contribution < 1.29 is 14.6 Å². The van der Waals surface area contributed by atoms with Gasteiger partial charge >= 0.3 is 11.7 Å². The molecule has 0 saturated carbocycles. The second-order valence-corrected chi connectivity index (χ2v) is 6.09. The van der Waals surface area contributed by atoms with Gasteiger partial charge in [-0.15, -0.1) is 0 Å². The highest BCUT2D eigenvalue weighted by Gasteiger charge is 2.13.